The number of alkyl halides is 3. The average molecular weight is 491 g/mol. The summed E-state index contributed by atoms with van der Waals surface area (Å²) in [5, 5.41) is 13.0. The second kappa shape index (κ2) is 8.71. The monoisotopic (exact) mass is 490 g/mol. The first kappa shape index (κ1) is 24.8. The highest BCUT2D eigenvalue weighted by molar-refractivity contribution is 5.87. The molecule has 0 N–H and O–H groups in total. The number of aromatic nitrogens is 5. The molecule has 35 heavy (non-hydrogen) atoms. The second-order valence-electron chi connectivity index (χ2n) is 9.31. The fourth-order valence-corrected chi connectivity index (χ4v) is 5.24. The third-order valence-corrected chi connectivity index (χ3v) is 7.07. The number of pyridine rings is 1. The lowest BCUT2D eigenvalue weighted by molar-refractivity contribution is -0.145. The van der Waals surface area contributed by atoms with Crippen molar-refractivity contribution in [3.63, 3.8) is 0 Å². The molecule has 0 bridgehead atoms. The minimum absolute atomic E-state index is 0.101. The van der Waals surface area contributed by atoms with Gasteiger partial charge in [-0.15, -0.1) is 0 Å². The fraction of sp³-hybridized carbons (Fsp3) is 0.565. The molecule has 4 rings (SSSR count). The van der Waals surface area contributed by atoms with E-state index in [1.165, 1.54) is 17.8 Å². The van der Waals surface area contributed by atoms with E-state index in [4.69, 9.17) is 0 Å². The number of rotatable bonds is 4. The zero-order chi connectivity index (χ0) is 25.8. The Kier molecular flexibility index (Phi) is 6.17. The molecule has 0 amide bonds. The van der Waals surface area contributed by atoms with Crippen LogP contribution >= 0.6 is 0 Å². The molecule has 0 aromatic carbocycles. The summed E-state index contributed by atoms with van der Waals surface area (Å²) in [5.74, 6) is 0.564. The Morgan fingerprint density at radius 2 is 1.86 bits per heavy atom. The van der Waals surface area contributed by atoms with Crippen molar-refractivity contribution < 1.29 is 13.2 Å². The number of nitrogens with zero attached hydrogens (tertiary/aromatic N) is 8. The number of hydrogen-bond acceptors (Lipinski definition) is 6. The van der Waals surface area contributed by atoms with Gasteiger partial charge in [-0.25, -0.2) is 4.98 Å². The van der Waals surface area contributed by atoms with Gasteiger partial charge in [-0.3, -0.25) is 18.9 Å². The van der Waals surface area contributed by atoms with Gasteiger partial charge in [0.05, 0.1) is 24.4 Å². The first-order chi connectivity index (χ1) is 16.4. The van der Waals surface area contributed by atoms with Crippen LogP contribution in [0.4, 0.5) is 18.9 Å². The quantitative estimate of drug-likeness (QED) is 0.559. The van der Waals surface area contributed by atoms with Crippen LogP contribution in [-0.4, -0.2) is 54.0 Å². The van der Waals surface area contributed by atoms with Crippen LogP contribution in [0.25, 0.3) is 11.2 Å². The summed E-state index contributed by atoms with van der Waals surface area (Å²) in [4.78, 5) is 21.6. The lowest BCUT2D eigenvalue weighted by atomic mass is 10.0. The van der Waals surface area contributed by atoms with Gasteiger partial charge >= 0.3 is 6.18 Å². The Balaban J connectivity index is 1.70. The van der Waals surface area contributed by atoms with Crippen LogP contribution in [0.1, 0.15) is 43.9 Å². The average Bonchev–Trinajstić information content (AvgIpc) is 3.32. The van der Waals surface area contributed by atoms with Crippen molar-refractivity contribution in [3.05, 3.63) is 39.7 Å². The van der Waals surface area contributed by atoms with Gasteiger partial charge in [0, 0.05) is 64.0 Å². The summed E-state index contributed by atoms with van der Waals surface area (Å²) < 4.78 is 45.2. The van der Waals surface area contributed by atoms with Gasteiger partial charge in [-0.1, -0.05) is 0 Å². The highest BCUT2D eigenvalue weighted by Crippen LogP contribution is 2.38. The summed E-state index contributed by atoms with van der Waals surface area (Å²) in [6.07, 6.45) is -3.09. The smallest absolute Gasteiger partial charge is 0.364 e. The predicted octanol–water partition coefficient (Wildman–Crippen LogP) is 2.75. The first-order valence-corrected chi connectivity index (χ1v) is 11.4. The maximum absolute atomic E-state index is 13.7. The molecule has 0 aliphatic carbocycles. The molecule has 1 unspecified atom stereocenters. The summed E-state index contributed by atoms with van der Waals surface area (Å²) in [6.45, 7) is 6.72. The Hall–Kier alpha value is -3.33. The fourth-order valence-electron chi connectivity index (χ4n) is 5.24. The van der Waals surface area contributed by atoms with Crippen molar-refractivity contribution in [2.45, 2.75) is 51.5 Å². The van der Waals surface area contributed by atoms with Crippen LogP contribution in [-0.2, 0) is 33.7 Å². The van der Waals surface area contributed by atoms with Crippen molar-refractivity contribution in [2.24, 2.45) is 21.1 Å². The van der Waals surface area contributed by atoms with E-state index in [-0.39, 0.29) is 29.6 Å². The van der Waals surface area contributed by atoms with Crippen LogP contribution in [0, 0.1) is 11.3 Å². The molecule has 1 fully saturated rings. The van der Waals surface area contributed by atoms with E-state index in [0.29, 0.717) is 35.8 Å². The normalized spacial score (nSPS) is 20.4. The van der Waals surface area contributed by atoms with Gasteiger partial charge in [-0.05, 0) is 20.8 Å². The molecule has 9 nitrogen and oxygen atoms in total. The van der Waals surface area contributed by atoms with Crippen molar-refractivity contribution in [3.8, 4) is 6.07 Å². The molecule has 0 radical (unpaired) electrons. The lowest BCUT2D eigenvalue weighted by Crippen LogP contribution is -2.57. The van der Waals surface area contributed by atoms with E-state index in [1.54, 1.807) is 31.7 Å². The van der Waals surface area contributed by atoms with E-state index in [9.17, 15) is 23.2 Å². The van der Waals surface area contributed by atoms with Crippen molar-refractivity contribution in [1.29, 1.82) is 5.26 Å². The van der Waals surface area contributed by atoms with Gasteiger partial charge in [0.15, 0.2) is 0 Å². The van der Waals surface area contributed by atoms with Gasteiger partial charge in [-0.2, -0.15) is 23.5 Å². The molecule has 3 atom stereocenters. The van der Waals surface area contributed by atoms with E-state index in [2.05, 4.69) is 21.1 Å². The minimum Gasteiger partial charge on any atom is -0.364 e. The number of halogens is 3. The largest absolute Gasteiger partial charge is 0.433 e. The van der Waals surface area contributed by atoms with Crippen LogP contribution in [0.2, 0.25) is 0 Å². The number of fused-ring (bicyclic) bond motifs is 1. The predicted molar refractivity (Wildman–Crippen MR) is 125 cm³/mol. The zero-order valence-corrected chi connectivity index (χ0v) is 20.6. The molecule has 0 saturated carbocycles. The summed E-state index contributed by atoms with van der Waals surface area (Å²) >= 11 is 0. The van der Waals surface area contributed by atoms with E-state index < -0.39 is 17.9 Å². The Bertz CT molecular complexity index is 1360. The molecule has 1 saturated heterocycles. The zero-order valence-electron chi connectivity index (χ0n) is 20.6. The minimum atomic E-state index is -4.50. The first-order valence-electron chi connectivity index (χ1n) is 11.4. The molecular formula is C23H29F3N8O. The summed E-state index contributed by atoms with van der Waals surface area (Å²) in [5.41, 5.74) is 1.14. The SMILES string of the molecule is CC(c1cnn(C)c1C(F)(F)F)N1C[C@H](C)N(c2cc(=O)n(C)c3c2nc(CC#N)n3C)C[C@H]1C. The highest BCUT2D eigenvalue weighted by Gasteiger charge is 2.41. The van der Waals surface area contributed by atoms with E-state index >= 15 is 0 Å². The van der Waals surface area contributed by atoms with Crippen molar-refractivity contribution in [2.75, 3.05) is 18.0 Å². The van der Waals surface area contributed by atoms with Crippen molar-refractivity contribution >= 4 is 16.9 Å². The Labute approximate surface area is 201 Å². The third kappa shape index (κ3) is 4.07. The molecule has 3 aromatic rings. The van der Waals surface area contributed by atoms with Crippen molar-refractivity contribution in [1.82, 2.24) is 28.8 Å². The van der Waals surface area contributed by atoms with Gasteiger partial charge in [0.2, 0.25) is 0 Å². The van der Waals surface area contributed by atoms with Gasteiger partial charge in [0.1, 0.15) is 22.7 Å². The summed E-state index contributed by atoms with van der Waals surface area (Å²) in [7, 11) is 4.75. The van der Waals surface area contributed by atoms with Crippen LogP contribution in [0.3, 0.4) is 0 Å². The number of imidazole rings is 1. The van der Waals surface area contributed by atoms with Gasteiger partial charge < -0.3 is 9.47 Å². The molecule has 188 valence electrons. The van der Waals surface area contributed by atoms with E-state index in [1.807, 2.05) is 18.7 Å². The standard InChI is InChI=1S/C23H29F3N8O/c1-13-12-34(17-9-19(35)31(5)22-20(17)29-18(7-8-27)30(22)4)14(2)11-33(13)15(3)16-10-28-32(6)21(16)23(24,25)26/h9-10,13-15H,7,11-12H2,1-6H3/t13-,14+,15?/m1/s1. The maximum atomic E-state index is 13.7. The molecule has 1 aliphatic rings. The number of aryl methyl sites for hydroxylation is 3. The third-order valence-electron chi connectivity index (χ3n) is 7.07. The van der Waals surface area contributed by atoms with Gasteiger partial charge in [0.25, 0.3) is 5.56 Å². The number of nitriles is 1. The molecule has 12 heteroatoms. The number of anilines is 1. The van der Waals surface area contributed by atoms with Crippen LogP contribution in [0.15, 0.2) is 17.1 Å². The Morgan fingerprint density at radius 3 is 2.49 bits per heavy atom. The molecule has 4 heterocycles. The van der Waals surface area contributed by atoms with Crippen LogP contribution in [0.5, 0.6) is 0 Å². The van der Waals surface area contributed by atoms with Crippen LogP contribution < -0.4 is 10.5 Å². The molecule has 0 spiro atoms. The molecular weight excluding hydrogens is 461 g/mol. The molecule has 1 aliphatic heterocycles. The lowest BCUT2D eigenvalue weighted by Gasteiger charge is -2.47. The summed E-state index contributed by atoms with van der Waals surface area (Å²) in [6, 6.07) is 2.95. The topological polar surface area (TPSA) is 87.9 Å². The Morgan fingerprint density at radius 1 is 1.17 bits per heavy atom. The number of piperazine rings is 1. The number of hydrogen-bond donors (Lipinski definition) is 0. The maximum Gasteiger partial charge on any atom is 0.433 e. The molecule has 3 aromatic heterocycles. The van der Waals surface area contributed by atoms with E-state index in [0.717, 1.165) is 4.68 Å². The second-order valence-corrected chi connectivity index (χ2v) is 9.31. The highest BCUT2D eigenvalue weighted by atomic mass is 19.4.